The van der Waals surface area contributed by atoms with Crippen LogP contribution in [-0.4, -0.2) is 64.1 Å². The lowest BCUT2D eigenvalue weighted by atomic mass is 9.64. The average Bonchev–Trinajstić information content (AvgIpc) is 4.01. The molecule has 0 spiro atoms. The second-order valence-electron chi connectivity index (χ2n) is 16.4. The van der Waals surface area contributed by atoms with Crippen LogP contribution in [-0.2, 0) is 0 Å². The van der Waals surface area contributed by atoms with E-state index in [1.807, 2.05) is 77.4 Å². The summed E-state index contributed by atoms with van der Waals surface area (Å²) in [6, 6.07) is 55.9. The van der Waals surface area contributed by atoms with Crippen molar-refractivity contribution >= 4 is 159 Å². The van der Waals surface area contributed by atoms with Crippen LogP contribution in [0.15, 0.2) is 168 Å². The molecule has 280 valence electrons. The van der Waals surface area contributed by atoms with Gasteiger partial charge in [0.2, 0.25) is 0 Å². The molecule has 64 heavy (non-hydrogen) atoms. The number of hydrogen-bond acceptors (Lipinski definition) is 1. The van der Waals surface area contributed by atoms with Crippen molar-refractivity contribution in [2.24, 2.45) is 0 Å². The highest BCUT2D eigenvalue weighted by Crippen LogP contribution is 2.41. The molecule has 10 heteroatoms. The third-order valence-electron chi connectivity index (χ3n) is 12.9. The largest absolute Gasteiger partial charge is 0.456 e. The quantitative estimate of drug-likeness (QED) is 0.187. The Balaban J connectivity index is 1.13. The molecule has 0 atom stereocenters. The first-order chi connectivity index (χ1) is 31.2. The molecule has 0 saturated heterocycles. The molecule has 0 amide bonds. The zero-order chi connectivity index (χ0) is 43.5. The van der Waals surface area contributed by atoms with E-state index in [1.54, 1.807) is 0 Å². The molecule has 12 rings (SSSR count). The first-order valence-corrected chi connectivity index (χ1v) is 21.0. The van der Waals surface area contributed by atoms with E-state index in [0.29, 0.717) is 43.8 Å². The summed E-state index contributed by atoms with van der Waals surface area (Å²) in [4.78, 5) is 0. The van der Waals surface area contributed by atoms with Crippen LogP contribution in [0.2, 0.25) is 0 Å². The van der Waals surface area contributed by atoms with Crippen LogP contribution >= 0.6 is 0 Å². The van der Waals surface area contributed by atoms with E-state index < -0.39 is 0 Å². The van der Waals surface area contributed by atoms with Crippen molar-refractivity contribution in [3.63, 3.8) is 0 Å². The van der Waals surface area contributed by atoms with E-state index in [9.17, 15) is 0 Å². The number of furan rings is 1. The molecule has 3 aromatic heterocycles. The van der Waals surface area contributed by atoms with Gasteiger partial charge in [0, 0.05) is 55.4 Å². The average molecular weight is 796 g/mol. The summed E-state index contributed by atoms with van der Waals surface area (Å²) in [5.41, 5.74) is 14.0. The molecule has 0 aliphatic heterocycles. The maximum absolute atomic E-state index is 7.41. The summed E-state index contributed by atoms with van der Waals surface area (Å²) in [6.45, 7) is 0. The zero-order valence-corrected chi connectivity index (χ0v) is 34.4. The minimum atomic E-state index is 0.170. The van der Waals surface area contributed by atoms with Crippen molar-refractivity contribution in [3.8, 4) is 44.8 Å². The SMILES string of the molecule is [B]c1c([B])c([B])c2c(c1[B])c1c([B])c(-c3ccc4c(c3)c3c(-c5ccccc5)cccc3n4-c3ccc4c(c3)oc3ccccc34)c([B])c([B])c1n2-c1ccc(-c2ccccc2)cc1. The zero-order valence-electron chi connectivity index (χ0n) is 34.4. The fraction of sp³-hybridized carbons (Fsp3) is 0. The fourth-order valence-corrected chi connectivity index (χ4v) is 9.91. The Labute approximate surface area is 379 Å². The monoisotopic (exact) mass is 796 g/mol. The second kappa shape index (κ2) is 14.4. The summed E-state index contributed by atoms with van der Waals surface area (Å²) < 4.78 is 10.6. The molecule has 0 bridgehead atoms. The number of benzene rings is 9. The second-order valence-corrected chi connectivity index (χ2v) is 16.4. The highest BCUT2D eigenvalue weighted by Gasteiger charge is 2.25. The molecule has 0 saturated carbocycles. The number of nitrogens with zero attached hydrogens (tertiary/aromatic N) is 2. The maximum Gasteiger partial charge on any atom is 0.137 e. The topological polar surface area (TPSA) is 23.0 Å². The number of hydrogen-bond donors (Lipinski definition) is 0. The van der Waals surface area contributed by atoms with Gasteiger partial charge < -0.3 is 13.6 Å². The Morgan fingerprint density at radius 2 is 0.922 bits per heavy atom. The third kappa shape index (κ3) is 5.51. The molecule has 0 unspecified atom stereocenters. The van der Waals surface area contributed by atoms with E-state index in [4.69, 9.17) is 59.3 Å². The fourth-order valence-electron chi connectivity index (χ4n) is 9.91. The molecule has 12 aromatic rings. The van der Waals surface area contributed by atoms with Gasteiger partial charge in [-0.3, -0.25) is 0 Å². The predicted octanol–water partition coefficient (Wildman–Crippen LogP) is 6.34. The van der Waals surface area contributed by atoms with Gasteiger partial charge in [-0.05, 0) is 87.3 Å². The smallest absolute Gasteiger partial charge is 0.137 e. The Bertz CT molecular complexity index is 3910. The first-order valence-electron chi connectivity index (χ1n) is 21.0. The third-order valence-corrected chi connectivity index (χ3v) is 12.9. The van der Waals surface area contributed by atoms with Crippen LogP contribution in [0.3, 0.4) is 0 Å². The maximum atomic E-state index is 7.41. The highest BCUT2D eigenvalue weighted by atomic mass is 16.3. The van der Waals surface area contributed by atoms with E-state index in [-0.39, 0.29) is 21.9 Å². The van der Waals surface area contributed by atoms with Crippen molar-refractivity contribution in [2.45, 2.75) is 0 Å². The van der Waals surface area contributed by atoms with Gasteiger partial charge in [0.25, 0.3) is 0 Å². The van der Waals surface area contributed by atoms with Gasteiger partial charge in [-0.1, -0.05) is 137 Å². The van der Waals surface area contributed by atoms with Gasteiger partial charge in [-0.25, -0.2) is 0 Å². The molecule has 3 nitrogen and oxygen atoms in total. The molecule has 0 N–H and O–H groups in total. The molecular formula is C54H27B7N2O. The summed E-state index contributed by atoms with van der Waals surface area (Å²) in [5, 5.41) is 5.32. The molecule has 14 radical (unpaired) electrons. The predicted molar refractivity (Wildman–Crippen MR) is 276 cm³/mol. The number of para-hydroxylation sites is 1. The van der Waals surface area contributed by atoms with Gasteiger partial charge in [-0.15, -0.1) is 10.9 Å². The number of aromatic nitrogens is 2. The van der Waals surface area contributed by atoms with Gasteiger partial charge in [0.1, 0.15) is 66.1 Å². The summed E-state index contributed by atoms with van der Waals surface area (Å²) >= 11 is 0. The van der Waals surface area contributed by atoms with E-state index in [0.717, 1.165) is 82.9 Å². The van der Waals surface area contributed by atoms with Crippen LogP contribution in [0.1, 0.15) is 0 Å². The van der Waals surface area contributed by atoms with Crippen LogP contribution in [0.4, 0.5) is 0 Å². The van der Waals surface area contributed by atoms with Gasteiger partial charge in [-0.2, -0.15) is 0 Å². The Morgan fingerprint density at radius 1 is 0.328 bits per heavy atom. The Morgan fingerprint density at radius 3 is 1.67 bits per heavy atom. The molecule has 9 aromatic carbocycles. The Hall–Kier alpha value is -7.17. The van der Waals surface area contributed by atoms with Crippen LogP contribution in [0.5, 0.6) is 0 Å². The van der Waals surface area contributed by atoms with Crippen molar-refractivity contribution in [1.82, 2.24) is 9.13 Å². The highest BCUT2D eigenvalue weighted by molar-refractivity contribution is 6.69. The number of fused-ring (bicyclic) bond motifs is 9. The first kappa shape index (κ1) is 38.5. The van der Waals surface area contributed by atoms with Crippen molar-refractivity contribution < 1.29 is 4.42 Å². The lowest BCUT2D eigenvalue weighted by molar-refractivity contribution is 0.668. The van der Waals surface area contributed by atoms with Crippen molar-refractivity contribution in [2.75, 3.05) is 0 Å². The summed E-state index contributed by atoms with van der Waals surface area (Å²) in [5.74, 6) is 0. The van der Waals surface area contributed by atoms with Gasteiger partial charge in [0.05, 0.1) is 11.0 Å². The Kier molecular flexibility index (Phi) is 8.69. The summed E-state index contributed by atoms with van der Waals surface area (Å²) in [7, 11) is 48.7. The minimum absolute atomic E-state index is 0.170. The van der Waals surface area contributed by atoms with E-state index >= 15 is 0 Å². The summed E-state index contributed by atoms with van der Waals surface area (Å²) in [6.07, 6.45) is 0. The number of rotatable bonds is 5. The van der Waals surface area contributed by atoms with E-state index in [1.165, 1.54) is 0 Å². The lowest BCUT2D eigenvalue weighted by Crippen LogP contribution is -2.48. The molecule has 0 aliphatic rings. The normalized spacial score (nSPS) is 11.9. The minimum Gasteiger partial charge on any atom is -0.456 e. The van der Waals surface area contributed by atoms with Crippen LogP contribution < -0.4 is 38.2 Å². The lowest BCUT2D eigenvalue weighted by Gasteiger charge is -2.19. The van der Waals surface area contributed by atoms with E-state index in [2.05, 4.69) is 95.6 Å². The van der Waals surface area contributed by atoms with Crippen LogP contribution in [0.25, 0.3) is 110 Å². The van der Waals surface area contributed by atoms with Gasteiger partial charge >= 0.3 is 0 Å². The van der Waals surface area contributed by atoms with Crippen LogP contribution in [0, 0.1) is 0 Å². The molecule has 0 fully saturated rings. The van der Waals surface area contributed by atoms with Crippen molar-refractivity contribution in [1.29, 1.82) is 0 Å². The molecule has 0 aliphatic carbocycles. The molecule has 3 heterocycles. The standard InChI is InChI=1S/C54H27B7N2O/c55-46-42(47(56)51(60)53-44(46)45-48(57)49(58)50(59)52(61)54(45)63(53)32-21-18-29(19-22-32)28-10-3-1-4-11-28)31-20-25-38-37(26-31)43-34(30-12-5-2-6-13-30)15-9-16-39(43)62(38)33-23-24-36-35-14-7-8-17-40(35)64-41(36)27-33/h1-27H. The molecular weight excluding hydrogens is 768 g/mol. The van der Waals surface area contributed by atoms with Crippen molar-refractivity contribution in [3.05, 3.63) is 164 Å². The van der Waals surface area contributed by atoms with Gasteiger partial charge in [0.15, 0.2) is 0 Å².